The zero-order chi connectivity index (χ0) is 18.7. The van der Waals surface area contributed by atoms with E-state index in [0.717, 1.165) is 29.7 Å². The fourth-order valence-corrected chi connectivity index (χ4v) is 3.15. The molecule has 2 aromatic rings. The van der Waals surface area contributed by atoms with Crippen LogP contribution >= 0.6 is 11.6 Å². The van der Waals surface area contributed by atoms with Crippen molar-refractivity contribution < 1.29 is 14.3 Å². The maximum atomic E-state index is 13.0. The lowest BCUT2D eigenvalue weighted by Gasteiger charge is -2.26. The summed E-state index contributed by atoms with van der Waals surface area (Å²) in [6, 6.07) is 13.6. The number of ether oxygens (including phenoxy) is 2. The summed E-state index contributed by atoms with van der Waals surface area (Å²) in [6.45, 7) is 4.31. The third kappa shape index (κ3) is 4.50. The number of hydrogen-bond donors (Lipinski definition) is 0. The Morgan fingerprint density at radius 3 is 2.50 bits per heavy atom. The number of carbonyl (C=O) groups is 1. The molecule has 0 N–H and O–H groups in total. The van der Waals surface area contributed by atoms with Gasteiger partial charge in [0.15, 0.2) is 6.10 Å². The fraction of sp³-hybridized carbons (Fsp3) is 0.381. The van der Waals surface area contributed by atoms with Crippen molar-refractivity contribution in [3.8, 4) is 11.5 Å². The van der Waals surface area contributed by atoms with Crippen LogP contribution in [-0.4, -0.2) is 30.1 Å². The zero-order valence-electron chi connectivity index (χ0n) is 15.4. The van der Waals surface area contributed by atoms with Crippen LogP contribution in [0.15, 0.2) is 42.5 Å². The van der Waals surface area contributed by atoms with Crippen LogP contribution in [0.3, 0.4) is 0 Å². The minimum Gasteiger partial charge on any atom is -0.497 e. The standard InChI is InChI=1S/C21H24ClNO3/c1-14-12-17(22)6-11-20(14)26-15(2)21(24)23(18-7-8-18)13-16-4-9-19(25-3)10-5-16/h4-6,9-12,15,18H,7-8,13H2,1-3H3/t15-/m0/s1. The SMILES string of the molecule is COc1ccc(CN(C(=O)[C@H](C)Oc2ccc(Cl)cc2C)C2CC2)cc1. The first-order valence-corrected chi connectivity index (χ1v) is 9.22. The maximum absolute atomic E-state index is 13.0. The molecule has 1 saturated carbocycles. The summed E-state index contributed by atoms with van der Waals surface area (Å²) < 4.78 is 11.1. The van der Waals surface area contributed by atoms with E-state index in [2.05, 4.69) is 0 Å². The van der Waals surface area contributed by atoms with Gasteiger partial charge in [0.05, 0.1) is 7.11 Å². The first-order valence-electron chi connectivity index (χ1n) is 8.84. The van der Waals surface area contributed by atoms with Gasteiger partial charge in [-0.3, -0.25) is 4.79 Å². The predicted molar refractivity (Wildman–Crippen MR) is 103 cm³/mol. The molecular formula is C21H24ClNO3. The van der Waals surface area contributed by atoms with Crippen LogP contribution < -0.4 is 9.47 Å². The van der Waals surface area contributed by atoms with E-state index in [1.807, 2.05) is 48.2 Å². The van der Waals surface area contributed by atoms with Crippen molar-refractivity contribution in [2.45, 2.75) is 45.4 Å². The minimum atomic E-state index is -0.547. The molecule has 0 saturated heterocycles. The van der Waals surface area contributed by atoms with Crippen molar-refractivity contribution in [3.05, 3.63) is 58.6 Å². The summed E-state index contributed by atoms with van der Waals surface area (Å²) in [5.41, 5.74) is 2.01. The van der Waals surface area contributed by atoms with Gasteiger partial charge in [-0.1, -0.05) is 23.7 Å². The molecule has 0 radical (unpaired) electrons. The highest BCUT2D eigenvalue weighted by Gasteiger charge is 2.35. The third-order valence-corrected chi connectivity index (χ3v) is 4.81. The second-order valence-corrected chi connectivity index (χ2v) is 7.15. The van der Waals surface area contributed by atoms with E-state index in [0.29, 0.717) is 23.4 Å². The van der Waals surface area contributed by atoms with Crippen molar-refractivity contribution in [1.82, 2.24) is 4.90 Å². The summed E-state index contributed by atoms with van der Waals surface area (Å²) in [5, 5.41) is 0.660. The monoisotopic (exact) mass is 373 g/mol. The second-order valence-electron chi connectivity index (χ2n) is 6.72. The first-order chi connectivity index (χ1) is 12.5. The molecule has 2 aromatic carbocycles. The lowest BCUT2D eigenvalue weighted by atomic mass is 10.2. The van der Waals surface area contributed by atoms with Crippen molar-refractivity contribution in [2.24, 2.45) is 0 Å². The van der Waals surface area contributed by atoms with E-state index in [4.69, 9.17) is 21.1 Å². The molecule has 1 aliphatic rings. The van der Waals surface area contributed by atoms with E-state index in [-0.39, 0.29) is 5.91 Å². The number of aryl methyl sites for hydroxylation is 1. The number of benzene rings is 2. The van der Waals surface area contributed by atoms with Gasteiger partial charge < -0.3 is 14.4 Å². The Balaban J connectivity index is 1.69. The van der Waals surface area contributed by atoms with Crippen molar-refractivity contribution >= 4 is 17.5 Å². The van der Waals surface area contributed by atoms with Gasteiger partial charge in [-0.15, -0.1) is 0 Å². The number of amides is 1. The number of hydrogen-bond acceptors (Lipinski definition) is 3. The zero-order valence-corrected chi connectivity index (χ0v) is 16.1. The number of halogens is 1. The summed E-state index contributed by atoms with van der Waals surface area (Å²) >= 11 is 5.99. The number of methoxy groups -OCH3 is 1. The summed E-state index contributed by atoms with van der Waals surface area (Å²) in [4.78, 5) is 14.9. The average Bonchev–Trinajstić information content (AvgIpc) is 3.47. The minimum absolute atomic E-state index is 0.0117. The number of carbonyl (C=O) groups excluding carboxylic acids is 1. The van der Waals surface area contributed by atoms with Crippen LogP contribution in [0.1, 0.15) is 30.9 Å². The Morgan fingerprint density at radius 1 is 1.23 bits per heavy atom. The quantitative estimate of drug-likeness (QED) is 0.711. The molecule has 1 aliphatic carbocycles. The largest absolute Gasteiger partial charge is 0.497 e. The predicted octanol–water partition coefficient (Wildman–Crippen LogP) is 4.62. The van der Waals surface area contributed by atoms with Crippen molar-refractivity contribution in [1.29, 1.82) is 0 Å². The Hall–Kier alpha value is -2.20. The molecular weight excluding hydrogens is 350 g/mol. The highest BCUT2D eigenvalue weighted by atomic mass is 35.5. The van der Waals surface area contributed by atoms with Crippen LogP contribution in [0.4, 0.5) is 0 Å². The normalized spacial score (nSPS) is 14.6. The molecule has 3 rings (SSSR count). The third-order valence-electron chi connectivity index (χ3n) is 4.57. The maximum Gasteiger partial charge on any atom is 0.263 e. The molecule has 5 heteroatoms. The van der Waals surface area contributed by atoms with E-state index >= 15 is 0 Å². The smallest absolute Gasteiger partial charge is 0.263 e. The van der Waals surface area contributed by atoms with Gasteiger partial charge in [0, 0.05) is 17.6 Å². The molecule has 0 unspecified atom stereocenters. The number of nitrogens with zero attached hydrogens (tertiary/aromatic N) is 1. The van der Waals surface area contributed by atoms with Gasteiger partial charge >= 0.3 is 0 Å². The van der Waals surface area contributed by atoms with Crippen LogP contribution in [-0.2, 0) is 11.3 Å². The van der Waals surface area contributed by atoms with Crippen LogP contribution in [0.25, 0.3) is 0 Å². The molecule has 1 fully saturated rings. The Kier molecular flexibility index (Phi) is 5.72. The van der Waals surface area contributed by atoms with Gasteiger partial charge in [0.2, 0.25) is 0 Å². The van der Waals surface area contributed by atoms with E-state index < -0.39 is 6.10 Å². The van der Waals surface area contributed by atoms with Gasteiger partial charge in [-0.25, -0.2) is 0 Å². The lowest BCUT2D eigenvalue weighted by molar-refractivity contribution is -0.139. The molecule has 26 heavy (non-hydrogen) atoms. The molecule has 0 heterocycles. The highest BCUT2D eigenvalue weighted by molar-refractivity contribution is 6.30. The van der Waals surface area contributed by atoms with Crippen LogP contribution in [0.5, 0.6) is 11.5 Å². The molecule has 0 aliphatic heterocycles. The molecule has 1 atom stereocenters. The lowest BCUT2D eigenvalue weighted by Crippen LogP contribution is -2.41. The first kappa shape index (κ1) is 18.6. The van der Waals surface area contributed by atoms with E-state index in [1.54, 1.807) is 20.1 Å². The van der Waals surface area contributed by atoms with Gasteiger partial charge in [-0.2, -0.15) is 0 Å². The van der Waals surface area contributed by atoms with Gasteiger partial charge in [0.1, 0.15) is 11.5 Å². The fourth-order valence-electron chi connectivity index (χ4n) is 2.92. The average molecular weight is 374 g/mol. The molecule has 1 amide bonds. The Bertz CT molecular complexity index is 771. The van der Waals surface area contributed by atoms with Gasteiger partial charge in [-0.05, 0) is 68.1 Å². The van der Waals surface area contributed by atoms with E-state index in [9.17, 15) is 4.79 Å². The molecule has 0 bridgehead atoms. The Morgan fingerprint density at radius 2 is 1.92 bits per heavy atom. The highest BCUT2D eigenvalue weighted by Crippen LogP contribution is 2.30. The van der Waals surface area contributed by atoms with E-state index in [1.165, 1.54) is 0 Å². The molecule has 4 nitrogen and oxygen atoms in total. The topological polar surface area (TPSA) is 38.8 Å². The van der Waals surface area contributed by atoms with Crippen LogP contribution in [0.2, 0.25) is 5.02 Å². The van der Waals surface area contributed by atoms with Crippen LogP contribution in [0, 0.1) is 6.92 Å². The summed E-state index contributed by atoms with van der Waals surface area (Å²) in [6.07, 6.45) is 1.55. The Labute approximate surface area is 159 Å². The van der Waals surface area contributed by atoms with Crippen molar-refractivity contribution in [3.63, 3.8) is 0 Å². The number of rotatable bonds is 7. The molecule has 0 spiro atoms. The molecule has 138 valence electrons. The van der Waals surface area contributed by atoms with Gasteiger partial charge in [0.25, 0.3) is 5.91 Å². The molecule has 0 aromatic heterocycles. The second kappa shape index (κ2) is 8.00. The summed E-state index contributed by atoms with van der Waals surface area (Å²) in [7, 11) is 1.65. The van der Waals surface area contributed by atoms with Crippen molar-refractivity contribution in [2.75, 3.05) is 7.11 Å². The summed E-state index contributed by atoms with van der Waals surface area (Å²) in [5.74, 6) is 1.51.